The molecule has 0 saturated carbocycles. The fourth-order valence-corrected chi connectivity index (χ4v) is 2.87. The van der Waals surface area contributed by atoms with Crippen LogP contribution < -0.4 is 0 Å². The zero-order chi connectivity index (χ0) is 17.6. The molecule has 5 heteroatoms. The van der Waals surface area contributed by atoms with E-state index in [0.717, 1.165) is 11.1 Å². The Balaban J connectivity index is 1.69. The summed E-state index contributed by atoms with van der Waals surface area (Å²) in [4.78, 5) is 14.2. The zero-order valence-corrected chi connectivity index (χ0v) is 14.3. The zero-order valence-electron chi connectivity index (χ0n) is 13.6. The van der Waals surface area contributed by atoms with Crippen molar-refractivity contribution in [3.05, 3.63) is 76.3 Å². The molecule has 1 amide bonds. The molecule has 4 nitrogen and oxygen atoms in total. The lowest BCUT2D eigenvalue weighted by atomic mass is 10.1. The Morgan fingerprint density at radius 3 is 2.76 bits per heavy atom. The summed E-state index contributed by atoms with van der Waals surface area (Å²) >= 11 is 5.92. The number of hydrogen-bond acceptors (Lipinski definition) is 3. The number of nitrogens with zero attached hydrogens (tertiary/aromatic N) is 2. The number of halogens is 1. The lowest BCUT2D eigenvalue weighted by Gasteiger charge is -2.32. The maximum Gasteiger partial charge on any atom is 0.246 e. The topological polar surface area (TPSA) is 53.3 Å². The molecule has 3 rings (SSSR count). The highest BCUT2D eigenvalue weighted by atomic mass is 35.5. The van der Waals surface area contributed by atoms with Crippen molar-refractivity contribution in [2.24, 2.45) is 0 Å². The third kappa shape index (κ3) is 4.27. The van der Waals surface area contributed by atoms with Crippen LogP contribution in [0.3, 0.4) is 0 Å². The van der Waals surface area contributed by atoms with Crippen molar-refractivity contribution >= 4 is 23.6 Å². The van der Waals surface area contributed by atoms with E-state index in [1.54, 1.807) is 23.1 Å². The molecule has 1 aliphatic heterocycles. The summed E-state index contributed by atoms with van der Waals surface area (Å²) in [5.74, 6) is -0.0880. The molecule has 1 aliphatic rings. The van der Waals surface area contributed by atoms with Crippen LogP contribution in [0.15, 0.2) is 54.6 Å². The van der Waals surface area contributed by atoms with Crippen molar-refractivity contribution in [3.8, 4) is 6.07 Å². The molecule has 1 heterocycles. The Morgan fingerprint density at radius 2 is 2.00 bits per heavy atom. The monoisotopic (exact) mass is 352 g/mol. The standard InChI is InChI=1S/C20H17ClN2O2/c21-18-8-5-16(6-9-18)19-14-23(11-12-25-19)20(24)10-7-15-3-1-2-4-17(15)13-22/h1-10,19H,11-12,14H2/b10-7+. The lowest BCUT2D eigenvalue weighted by molar-refractivity contribution is -0.133. The Labute approximate surface area is 151 Å². The van der Waals surface area contributed by atoms with E-state index in [2.05, 4.69) is 6.07 Å². The van der Waals surface area contributed by atoms with Gasteiger partial charge in [0.1, 0.15) is 6.10 Å². The van der Waals surface area contributed by atoms with Gasteiger partial charge in [-0.1, -0.05) is 41.9 Å². The highest BCUT2D eigenvalue weighted by Gasteiger charge is 2.24. The summed E-state index contributed by atoms with van der Waals surface area (Å²) in [5.41, 5.74) is 2.29. The van der Waals surface area contributed by atoms with Gasteiger partial charge in [-0.2, -0.15) is 5.26 Å². The number of nitriles is 1. The van der Waals surface area contributed by atoms with E-state index < -0.39 is 0 Å². The first kappa shape index (κ1) is 17.2. The molecule has 0 spiro atoms. The van der Waals surface area contributed by atoms with E-state index in [-0.39, 0.29) is 12.0 Å². The van der Waals surface area contributed by atoms with Crippen LogP contribution in [0, 0.1) is 11.3 Å². The van der Waals surface area contributed by atoms with E-state index in [0.29, 0.717) is 30.3 Å². The van der Waals surface area contributed by atoms with Crippen molar-refractivity contribution in [3.63, 3.8) is 0 Å². The van der Waals surface area contributed by atoms with Crippen LogP contribution in [0.5, 0.6) is 0 Å². The number of carbonyl (C=O) groups excluding carboxylic acids is 1. The van der Waals surface area contributed by atoms with Crippen LogP contribution in [0.2, 0.25) is 5.02 Å². The van der Waals surface area contributed by atoms with Crippen LogP contribution >= 0.6 is 11.6 Å². The van der Waals surface area contributed by atoms with Gasteiger partial charge in [0.05, 0.1) is 24.8 Å². The number of morpholine rings is 1. The maximum absolute atomic E-state index is 12.5. The minimum atomic E-state index is -0.158. The Kier molecular flexibility index (Phi) is 5.49. The van der Waals surface area contributed by atoms with Gasteiger partial charge in [-0.3, -0.25) is 4.79 Å². The molecular formula is C20H17ClN2O2. The average Bonchev–Trinajstić information content (AvgIpc) is 2.67. The summed E-state index contributed by atoms with van der Waals surface area (Å²) in [5, 5.41) is 9.78. The molecular weight excluding hydrogens is 336 g/mol. The number of ether oxygens (including phenoxy) is 1. The van der Waals surface area contributed by atoms with Crippen LogP contribution in [-0.2, 0) is 9.53 Å². The summed E-state index contributed by atoms with van der Waals surface area (Å²) in [6.07, 6.45) is 3.04. The van der Waals surface area contributed by atoms with E-state index >= 15 is 0 Å². The SMILES string of the molecule is N#Cc1ccccc1/C=C/C(=O)N1CCOC(c2ccc(Cl)cc2)C1. The number of benzene rings is 2. The van der Waals surface area contributed by atoms with Crippen molar-refractivity contribution in [1.29, 1.82) is 5.26 Å². The van der Waals surface area contributed by atoms with Gasteiger partial charge >= 0.3 is 0 Å². The maximum atomic E-state index is 12.5. The van der Waals surface area contributed by atoms with Crippen LogP contribution in [0.4, 0.5) is 0 Å². The summed E-state index contributed by atoms with van der Waals surface area (Å²) < 4.78 is 5.78. The lowest BCUT2D eigenvalue weighted by Crippen LogP contribution is -2.41. The molecule has 0 aliphatic carbocycles. The van der Waals surface area contributed by atoms with Gasteiger partial charge in [0, 0.05) is 17.6 Å². The fraction of sp³-hybridized carbons (Fsp3) is 0.200. The van der Waals surface area contributed by atoms with Crippen molar-refractivity contribution in [1.82, 2.24) is 4.90 Å². The van der Waals surface area contributed by atoms with Crippen LogP contribution in [0.1, 0.15) is 22.8 Å². The smallest absolute Gasteiger partial charge is 0.246 e. The van der Waals surface area contributed by atoms with E-state index in [1.807, 2.05) is 36.4 Å². The van der Waals surface area contributed by atoms with E-state index in [9.17, 15) is 4.79 Å². The number of hydrogen-bond donors (Lipinski definition) is 0. The second-order valence-corrected chi connectivity index (χ2v) is 6.16. The van der Waals surface area contributed by atoms with E-state index in [1.165, 1.54) is 6.08 Å². The van der Waals surface area contributed by atoms with Gasteiger partial charge in [0.15, 0.2) is 0 Å². The molecule has 1 unspecified atom stereocenters. The molecule has 25 heavy (non-hydrogen) atoms. The summed E-state index contributed by atoms with van der Waals surface area (Å²) in [7, 11) is 0. The number of amides is 1. The Bertz CT molecular complexity index is 824. The van der Waals surface area contributed by atoms with Gasteiger partial charge in [-0.05, 0) is 35.4 Å². The van der Waals surface area contributed by atoms with Crippen LogP contribution in [0.25, 0.3) is 6.08 Å². The van der Waals surface area contributed by atoms with Crippen molar-refractivity contribution in [2.45, 2.75) is 6.10 Å². The first-order valence-corrected chi connectivity index (χ1v) is 8.38. The second-order valence-electron chi connectivity index (χ2n) is 5.73. The number of carbonyl (C=O) groups is 1. The molecule has 1 saturated heterocycles. The minimum Gasteiger partial charge on any atom is -0.370 e. The van der Waals surface area contributed by atoms with Crippen LogP contribution in [-0.4, -0.2) is 30.5 Å². The van der Waals surface area contributed by atoms with Crippen molar-refractivity contribution < 1.29 is 9.53 Å². The van der Waals surface area contributed by atoms with Gasteiger partial charge in [-0.15, -0.1) is 0 Å². The molecule has 2 aromatic rings. The fourth-order valence-electron chi connectivity index (χ4n) is 2.74. The van der Waals surface area contributed by atoms with Gasteiger partial charge in [0.2, 0.25) is 5.91 Å². The number of rotatable bonds is 3. The molecule has 0 N–H and O–H groups in total. The predicted octanol–water partition coefficient (Wildman–Crippen LogP) is 3.82. The molecule has 0 bridgehead atoms. The van der Waals surface area contributed by atoms with Gasteiger partial charge in [-0.25, -0.2) is 0 Å². The molecule has 126 valence electrons. The van der Waals surface area contributed by atoms with Crippen molar-refractivity contribution in [2.75, 3.05) is 19.7 Å². The Morgan fingerprint density at radius 1 is 1.24 bits per heavy atom. The first-order valence-electron chi connectivity index (χ1n) is 8.00. The summed E-state index contributed by atoms with van der Waals surface area (Å²) in [6.45, 7) is 1.53. The largest absolute Gasteiger partial charge is 0.370 e. The molecule has 0 radical (unpaired) electrons. The third-order valence-corrected chi connectivity index (χ3v) is 4.36. The molecule has 1 fully saturated rings. The first-order chi connectivity index (χ1) is 12.2. The molecule has 2 aromatic carbocycles. The quantitative estimate of drug-likeness (QED) is 0.789. The van der Waals surface area contributed by atoms with Gasteiger partial charge in [0.25, 0.3) is 0 Å². The molecule has 0 aromatic heterocycles. The summed E-state index contributed by atoms with van der Waals surface area (Å²) in [6, 6.07) is 16.8. The predicted molar refractivity (Wildman–Crippen MR) is 96.9 cm³/mol. The highest BCUT2D eigenvalue weighted by Crippen LogP contribution is 2.24. The Hall–Kier alpha value is -2.61. The van der Waals surface area contributed by atoms with E-state index in [4.69, 9.17) is 21.6 Å². The minimum absolute atomic E-state index is 0.0880. The second kappa shape index (κ2) is 7.98. The average molecular weight is 353 g/mol. The highest BCUT2D eigenvalue weighted by molar-refractivity contribution is 6.30. The third-order valence-electron chi connectivity index (χ3n) is 4.11. The van der Waals surface area contributed by atoms with Gasteiger partial charge < -0.3 is 9.64 Å². The normalized spacial score (nSPS) is 17.4. The molecule has 1 atom stereocenters.